The Bertz CT molecular complexity index is 749. The summed E-state index contributed by atoms with van der Waals surface area (Å²) < 4.78 is 25.7. The van der Waals surface area contributed by atoms with E-state index in [1.807, 2.05) is 6.92 Å². The van der Waals surface area contributed by atoms with Crippen LogP contribution in [0.25, 0.3) is 0 Å². The molecule has 9 heteroatoms. The van der Waals surface area contributed by atoms with E-state index < -0.39 is 20.3 Å². The van der Waals surface area contributed by atoms with Crippen molar-refractivity contribution >= 4 is 50.5 Å². The van der Waals surface area contributed by atoms with Gasteiger partial charge in [-0.25, -0.2) is 8.42 Å². The fourth-order valence-corrected chi connectivity index (χ4v) is 4.55. The fraction of sp³-hybridized carbons (Fsp3) is 0.562. The zero-order valence-corrected chi connectivity index (χ0v) is 16.8. The Morgan fingerprint density at radius 1 is 1.24 bits per heavy atom. The van der Waals surface area contributed by atoms with Crippen molar-refractivity contribution in [1.82, 2.24) is 4.31 Å². The Balaban J connectivity index is 2.35. The van der Waals surface area contributed by atoms with Gasteiger partial charge in [0.1, 0.15) is 4.33 Å². The maximum atomic E-state index is 12.7. The summed E-state index contributed by atoms with van der Waals surface area (Å²) in [6, 6.07) is 4.65. The zero-order valence-electron chi connectivity index (χ0n) is 14.5. The lowest BCUT2D eigenvalue weighted by molar-refractivity contribution is -0.117. The number of rotatable bonds is 8. The van der Waals surface area contributed by atoms with Gasteiger partial charge in [-0.15, -0.1) is 23.2 Å². The van der Waals surface area contributed by atoms with Gasteiger partial charge >= 0.3 is 0 Å². The van der Waals surface area contributed by atoms with E-state index in [1.165, 1.54) is 16.4 Å². The summed E-state index contributed by atoms with van der Waals surface area (Å²) in [5.74, 6) is -0.810. The molecule has 1 aromatic carbocycles. The van der Waals surface area contributed by atoms with E-state index in [0.717, 1.165) is 0 Å². The van der Waals surface area contributed by atoms with Crippen molar-refractivity contribution in [1.29, 1.82) is 0 Å². The van der Waals surface area contributed by atoms with Crippen LogP contribution in [-0.2, 0) is 14.8 Å². The minimum Gasteiger partial charge on any atom is -0.384 e. The van der Waals surface area contributed by atoms with Crippen molar-refractivity contribution in [2.75, 3.05) is 30.3 Å². The highest BCUT2D eigenvalue weighted by Gasteiger charge is 2.56. The number of benzene rings is 1. The maximum Gasteiger partial charge on any atom is 0.243 e. The van der Waals surface area contributed by atoms with E-state index >= 15 is 0 Å². The first-order chi connectivity index (χ1) is 11.7. The van der Waals surface area contributed by atoms with Crippen LogP contribution in [0.3, 0.4) is 0 Å². The van der Waals surface area contributed by atoms with Crippen LogP contribution in [0, 0.1) is 5.92 Å². The molecule has 1 aromatic rings. The molecule has 0 aliphatic heterocycles. The van der Waals surface area contributed by atoms with Crippen LogP contribution in [0.1, 0.15) is 27.2 Å². The Hall–Kier alpha value is -1.02. The van der Waals surface area contributed by atoms with Crippen LogP contribution in [0.5, 0.6) is 0 Å². The van der Waals surface area contributed by atoms with Crippen LogP contribution in [0.15, 0.2) is 23.1 Å². The largest absolute Gasteiger partial charge is 0.384 e. The van der Waals surface area contributed by atoms with Crippen molar-refractivity contribution in [3.05, 3.63) is 18.2 Å². The van der Waals surface area contributed by atoms with Crippen molar-refractivity contribution in [3.8, 4) is 0 Å². The number of sulfonamides is 1. The van der Waals surface area contributed by atoms with Gasteiger partial charge in [0.05, 0.1) is 22.2 Å². The topological polar surface area (TPSA) is 78.5 Å². The number of hydrogen-bond acceptors (Lipinski definition) is 4. The SMILES string of the molecule is CCNc1ccc(S(=O)(=O)N(CC)CC)cc1NC(=O)C1CC1(Cl)Cl. The van der Waals surface area contributed by atoms with Gasteiger partial charge in [-0.2, -0.15) is 4.31 Å². The summed E-state index contributed by atoms with van der Waals surface area (Å²) in [6.07, 6.45) is 0.385. The molecule has 0 saturated heterocycles. The van der Waals surface area contributed by atoms with E-state index in [1.54, 1.807) is 19.9 Å². The van der Waals surface area contributed by atoms with Crippen molar-refractivity contribution in [2.45, 2.75) is 36.4 Å². The summed E-state index contributed by atoms with van der Waals surface area (Å²) in [5.41, 5.74) is 1.04. The predicted octanol–water partition coefficient (Wildman–Crippen LogP) is 3.28. The van der Waals surface area contributed by atoms with Crippen LogP contribution in [0.4, 0.5) is 11.4 Å². The van der Waals surface area contributed by atoms with Gasteiger partial charge in [-0.05, 0) is 31.5 Å². The number of nitrogens with zero attached hydrogens (tertiary/aromatic N) is 1. The molecule has 1 unspecified atom stereocenters. The monoisotopic (exact) mass is 407 g/mol. The molecule has 1 atom stereocenters. The number of alkyl halides is 2. The van der Waals surface area contributed by atoms with Gasteiger partial charge in [0.15, 0.2) is 0 Å². The predicted molar refractivity (Wildman–Crippen MR) is 102 cm³/mol. The summed E-state index contributed by atoms with van der Waals surface area (Å²) >= 11 is 11.9. The fourth-order valence-electron chi connectivity index (χ4n) is 2.56. The molecule has 25 heavy (non-hydrogen) atoms. The second-order valence-corrected chi connectivity index (χ2v) is 9.31. The molecule has 1 fully saturated rings. The second kappa shape index (κ2) is 7.70. The number of hydrogen-bond donors (Lipinski definition) is 2. The van der Waals surface area contributed by atoms with Gasteiger partial charge in [0.2, 0.25) is 15.9 Å². The van der Waals surface area contributed by atoms with Gasteiger partial charge in [0.25, 0.3) is 0 Å². The van der Waals surface area contributed by atoms with Gasteiger partial charge in [-0.1, -0.05) is 13.8 Å². The molecule has 1 aliphatic carbocycles. The van der Waals surface area contributed by atoms with Crippen LogP contribution in [0.2, 0.25) is 0 Å². The molecule has 6 nitrogen and oxygen atoms in total. The van der Waals surface area contributed by atoms with Crippen molar-refractivity contribution in [3.63, 3.8) is 0 Å². The van der Waals surface area contributed by atoms with E-state index in [2.05, 4.69) is 10.6 Å². The quantitative estimate of drug-likeness (QED) is 0.648. The van der Waals surface area contributed by atoms with Crippen LogP contribution in [-0.4, -0.2) is 42.6 Å². The molecule has 0 spiro atoms. The third-order valence-corrected chi connectivity index (χ3v) is 6.98. The second-order valence-electron chi connectivity index (χ2n) is 5.83. The summed E-state index contributed by atoms with van der Waals surface area (Å²) in [4.78, 5) is 12.4. The summed E-state index contributed by atoms with van der Waals surface area (Å²) in [5, 5.41) is 5.86. The Morgan fingerprint density at radius 3 is 2.32 bits per heavy atom. The van der Waals surface area contributed by atoms with Crippen molar-refractivity contribution in [2.24, 2.45) is 5.92 Å². The molecule has 2 N–H and O–H groups in total. The molecule has 2 rings (SSSR count). The third kappa shape index (κ3) is 4.39. The minimum absolute atomic E-state index is 0.131. The highest BCUT2D eigenvalue weighted by molar-refractivity contribution is 7.89. The molecule has 0 aromatic heterocycles. The summed E-state index contributed by atoms with van der Waals surface area (Å²) in [7, 11) is -3.62. The van der Waals surface area contributed by atoms with Crippen LogP contribution >= 0.6 is 23.2 Å². The first-order valence-electron chi connectivity index (χ1n) is 8.24. The molecule has 1 saturated carbocycles. The highest BCUT2D eigenvalue weighted by Crippen LogP contribution is 2.53. The molecule has 1 amide bonds. The average molecular weight is 408 g/mol. The molecular weight excluding hydrogens is 385 g/mol. The Kier molecular flexibility index (Phi) is 6.25. The smallest absolute Gasteiger partial charge is 0.243 e. The lowest BCUT2D eigenvalue weighted by Gasteiger charge is -2.20. The lowest BCUT2D eigenvalue weighted by Crippen LogP contribution is -2.30. The normalized spacial score (nSPS) is 18.9. The van der Waals surface area contributed by atoms with Crippen molar-refractivity contribution < 1.29 is 13.2 Å². The average Bonchev–Trinajstić information content (AvgIpc) is 3.19. The molecule has 0 heterocycles. The van der Waals surface area contributed by atoms with Gasteiger partial charge in [0, 0.05) is 19.6 Å². The molecule has 140 valence electrons. The van der Waals surface area contributed by atoms with Gasteiger partial charge in [-0.3, -0.25) is 4.79 Å². The third-order valence-electron chi connectivity index (χ3n) is 4.10. The highest BCUT2D eigenvalue weighted by atomic mass is 35.5. The number of anilines is 2. The Labute approximate surface area is 158 Å². The van der Waals surface area contributed by atoms with E-state index in [-0.39, 0.29) is 10.8 Å². The first kappa shape index (κ1) is 20.3. The molecular formula is C16H23Cl2N3O3S. The standard InChI is InChI=1S/C16H23Cl2N3O3S/c1-4-19-13-8-7-11(25(23,24)21(5-2)6-3)9-14(13)20-15(22)12-10-16(12,17)18/h7-9,12,19H,4-6,10H2,1-3H3,(H,20,22). The van der Waals surface area contributed by atoms with Crippen LogP contribution < -0.4 is 10.6 Å². The molecule has 0 radical (unpaired) electrons. The Morgan fingerprint density at radius 2 is 1.84 bits per heavy atom. The maximum absolute atomic E-state index is 12.7. The number of carbonyl (C=O) groups excluding carboxylic acids is 1. The number of halogens is 2. The zero-order chi connectivity index (χ0) is 18.8. The molecule has 0 bridgehead atoms. The number of carbonyl (C=O) groups is 1. The first-order valence-corrected chi connectivity index (χ1v) is 10.4. The minimum atomic E-state index is -3.62. The number of amides is 1. The van der Waals surface area contributed by atoms with Gasteiger partial charge < -0.3 is 10.6 Å². The van der Waals surface area contributed by atoms with E-state index in [0.29, 0.717) is 37.4 Å². The molecule has 1 aliphatic rings. The van der Waals surface area contributed by atoms with E-state index in [4.69, 9.17) is 23.2 Å². The number of nitrogens with one attached hydrogen (secondary N) is 2. The van der Waals surface area contributed by atoms with E-state index in [9.17, 15) is 13.2 Å². The lowest BCUT2D eigenvalue weighted by atomic mass is 10.2. The summed E-state index contributed by atoms with van der Waals surface area (Å²) in [6.45, 7) is 6.85.